The first-order chi connectivity index (χ1) is 58.3. The molecule has 30 heteroatoms. The van der Waals surface area contributed by atoms with E-state index in [-0.39, 0.29) is 44.0 Å². The Morgan fingerprint density at radius 3 is 1.06 bits per heavy atom. The van der Waals surface area contributed by atoms with Gasteiger partial charge in [0, 0.05) is 5.02 Å². The summed E-state index contributed by atoms with van der Waals surface area (Å²) in [6, 6.07) is 82.3. The fourth-order valence-corrected chi connectivity index (χ4v) is 10.5. The van der Waals surface area contributed by atoms with Gasteiger partial charge in [0.25, 0.3) is 0 Å². The first-order valence-corrected chi connectivity index (χ1v) is 41.3. The number of aryl methyl sites for hydroxylation is 2. The maximum Gasteiger partial charge on any atom is 0.338 e. The molecule has 18 nitrogen and oxygen atoms in total. The molecule has 10 N–H and O–H groups in total. The molecule has 0 amide bonds. The van der Waals surface area contributed by atoms with Crippen molar-refractivity contribution < 1.29 is 88.0 Å². The molecule has 0 saturated heterocycles. The second-order valence-electron chi connectivity index (χ2n) is 31.1. The van der Waals surface area contributed by atoms with Crippen molar-refractivity contribution in [2.45, 2.75) is 148 Å². The molecular formula is C94H119B10ClFNO17. The second kappa shape index (κ2) is 57.9. The van der Waals surface area contributed by atoms with Crippen molar-refractivity contribution in [2.24, 2.45) is 0 Å². The number of hydrogen-bond donors (Lipinski definition) is 10. The van der Waals surface area contributed by atoms with Crippen LogP contribution in [-0.2, 0) is 25.4 Å². The van der Waals surface area contributed by atoms with Crippen LogP contribution in [0.3, 0.4) is 0 Å². The highest BCUT2D eigenvalue weighted by Crippen LogP contribution is 2.18. The third-order valence-corrected chi connectivity index (χ3v) is 17.7. The Bertz CT molecular complexity index is 4710. The molecule has 11 rings (SSSR count). The van der Waals surface area contributed by atoms with Gasteiger partial charge in [0.15, 0.2) is 5.69 Å². The molecule has 11 aromatic rings. The van der Waals surface area contributed by atoms with Gasteiger partial charge in [-0.1, -0.05) is 321 Å². The van der Waals surface area contributed by atoms with E-state index < -0.39 is 66.5 Å². The van der Waals surface area contributed by atoms with Crippen molar-refractivity contribution >= 4 is 159 Å². The summed E-state index contributed by atoms with van der Waals surface area (Å²) in [4.78, 5) is 37.9. The molecule has 0 atom stereocenters. The highest BCUT2D eigenvalue weighted by atomic mass is 35.5. The summed E-state index contributed by atoms with van der Waals surface area (Å²) in [5, 5.41) is 93.0. The van der Waals surface area contributed by atoms with Gasteiger partial charge in [0.2, 0.25) is 0 Å². The van der Waals surface area contributed by atoms with Crippen LogP contribution in [0.4, 0.5) is 10.1 Å². The first kappa shape index (κ1) is 110. The van der Waals surface area contributed by atoms with Gasteiger partial charge in [-0.3, -0.25) is 4.79 Å². The maximum atomic E-state index is 12.3. The number of halogens is 2. The Hall–Kier alpha value is -10.4. The minimum atomic E-state index is -0.581. The fraction of sp³-hybridized carbons (Fsp3) is 0.255. The van der Waals surface area contributed by atoms with E-state index in [1.165, 1.54) is 28.8 Å². The average molecular weight is 1700 g/mol. The molecule has 0 radical (unpaired) electrons. The van der Waals surface area contributed by atoms with Crippen LogP contribution >= 0.6 is 11.6 Å². The van der Waals surface area contributed by atoms with E-state index in [9.17, 15) is 43.9 Å². The molecule has 0 aromatic heterocycles. The third-order valence-electron chi connectivity index (χ3n) is 17.5. The van der Waals surface area contributed by atoms with Crippen LogP contribution in [-0.4, -0.2) is 162 Å². The monoisotopic (exact) mass is 1700 g/mol. The molecule has 11 aromatic carbocycles. The minimum absolute atomic E-state index is 0.234. The number of carbonyl (C=O) groups excluding carboxylic acids is 3. The number of esters is 3. The van der Waals surface area contributed by atoms with Crippen LogP contribution in [0.25, 0.3) is 16.0 Å². The zero-order valence-electron chi connectivity index (χ0n) is 75.2. The van der Waals surface area contributed by atoms with Crippen molar-refractivity contribution in [3.05, 3.63) is 323 Å². The number of carbonyl (C=O) groups is 3. The van der Waals surface area contributed by atoms with Crippen LogP contribution in [0.15, 0.2) is 273 Å². The molecule has 0 aliphatic heterocycles. The van der Waals surface area contributed by atoms with E-state index in [1.54, 1.807) is 179 Å². The molecule has 124 heavy (non-hydrogen) atoms. The van der Waals surface area contributed by atoms with Gasteiger partial charge in [-0.05, 0) is 177 Å². The standard InChI is InChI=1S/C13H19BO3.C13H13BO.C12H17BO3.C10H13BO3.C8H8BNO.C8H11BO2.2C8H11BO.C7H8BClO.C7H8BFO/c1-13(2,3)17-12(15)9-10-6-5-7-11(8-10)14(4)16;1-14(15)13-9-5-8-12(10-13)11-6-3-2-4-7-11;1-12(2,3)16-11(14)9-6-5-7-10(8-9)13(4)15;1-3-14-10(12)8-5-4-6-9(7-8)11(2)13;1-9(11)7-3-5-8(10-2)6-4-7;1-9(10)7-4-3-5-8(6-7)11-2;2*1-7-3-5-8(6-4-7)9(2)10;2*1-8(10)6-2-4-7(9)5-3-6/h5-8,16H,9H2,1-4H3;2-10,15H,1H3;5-8,15H,1-4H3;4-7,13H,3H2,1-2H3;3-6,11H,1H3;3-6,10H,1-2H3;2*3-6,10H,1-2H3;2*2-5,10H,1H3. The van der Waals surface area contributed by atoms with Crippen LogP contribution in [0.5, 0.6) is 5.75 Å². The van der Waals surface area contributed by atoms with Crippen molar-refractivity contribution in [3.8, 4) is 16.9 Å². The third kappa shape index (κ3) is 46.9. The normalized spacial score (nSPS) is 9.93. The summed E-state index contributed by atoms with van der Waals surface area (Å²) < 4.78 is 32.6. The molecule has 0 bridgehead atoms. The lowest BCUT2D eigenvalue weighted by atomic mass is 9.64. The molecule has 646 valence electrons. The van der Waals surface area contributed by atoms with E-state index in [0.717, 1.165) is 66.0 Å². The van der Waals surface area contributed by atoms with Gasteiger partial charge in [0.1, 0.15) is 22.8 Å². The lowest BCUT2D eigenvalue weighted by Crippen LogP contribution is -2.28. The molecule has 0 unspecified atom stereocenters. The highest BCUT2D eigenvalue weighted by molar-refractivity contribution is 6.68. The van der Waals surface area contributed by atoms with Gasteiger partial charge in [-0.15, -0.1) is 0 Å². The van der Waals surface area contributed by atoms with Crippen LogP contribution in [0, 0.1) is 26.2 Å². The Morgan fingerprint density at radius 2 is 0.694 bits per heavy atom. The summed E-state index contributed by atoms with van der Waals surface area (Å²) in [6.45, 7) is 36.5. The summed E-state index contributed by atoms with van der Waals surface area (Å²) >= 11 is 5.63. The Labute approximate surface area is 744 Å². The number of hydrogen-bond acceptors (Lipinski definition) is 17. The Kier molecular flexibility index (Phi) is 51.2. The molecule has 0 aliphatic carbocycles. The topological polar surface area (TPSA) is 295 Å². The predicted octanol–water partition coefficient (Wildman–Crippen LogP) is 10.7. The summed E-state index contributed by atoms with van der Waals surface area (Å²) in [7, 11) is 1.61. The molecule has 0 aliphatic rings. The van der Waals surface area contributed by atoms with E-state index >= 15 is 0 Å². The highest BCUT2D eigenvalue weighted by Gasteiger charge is 2.21. The van der Waals surface area contributed by atoms with E-state index in [2.05, 4.69) is 23.0 Å². The number of benzene rings is 11. The first-order valence-electron chi connectivity index (χ1n) is 40.9. The van der Waals surface area contributed by atoms with Crippen LogP contribution in [0.1, 0.15) is 85.9 Å². The van der Waals surface area contributed by atoms with Crippen LogP contribution < -0.4 is 59.4 Å². The van der Waals surface area contributed by atoms with Gasteiger partial charge in [-0.2, -0.15) is 0 Å². The Balaban J connectivity index is 0.000000469. The van der Waals surface area contributed by atoms with Gasteiger partial charge < -0.3 is 69.2 Å². The van der Waals surface area contributed by atoms with Crippen molar-refractivity contribution in [1.82, 2.24) is 0 Å². The number of rotatable bonds is 17. The molecule has 0 saturated carbocycles. The summed E-state index contributed by atoms with van der Waals surface area (Å²) in [6.07, 6.45) is 0.234. The zero-order valence-corrected chi connectivity index (χ0v) is 76.0. The molecule has 0 spiro atoms. The van der Waals surface area contributed by atoms with Gasteiger partial charge in [-0.25, -0.2) is 18.8 Å². The van der Waals surface area contributed by atoms with Crippen molar-refractivity contribution in [2.75, 3.05) is 13.7 Å². The molecule has 0 fully saturated rings. The maximum absolute atomic E-state index is 12.3. The summed E-state index contributed by atoms with van der Waals surface area (Å²) in [5.74, 6) is -0.460. The number of ether oxygens (including phenoxy) is 4. The average Bonchev–Trinajstić information content (AvgIpc) is 0.856. The Morgan fingerprint density at radius 1 is 0.371 bits per heavy atom. The smallest absolute Gasteiger partial charge is 0.338 e. The fourth-order valence-electron chi connectivity index (χ4n) is 10.4. The lowest BCUT2D eigenvalue weighted by molar-refractivity contribution is -0.153. The van der Waals surface area contributed by atoms with E-state index in [1.807, 2.05) is 201 Å². The predicted molar refractivity (Wildman–Crippen MR) is 522 cm³/mol. The van der Waals surface area contributed by atoms with Gasteiger partial charge in [0.05, 0.1) is 37.8 Å². The quantitative estimate of drug-likeness (QED) is 0.0175. The molecule has 0 heterocycles. The largest absolute Gasteiger partial charge is 0.497 e. The van der Waals surface area contributed by atoms with Crippen molar-refractivity contribution in [1.29, 1.82) is 0 Å². The summed E-state index contributed by atoms with van der Waals surface area (Å²) in [5.41, 5.74) is 14.7. The second-order valence-corrected chi connectivity index (χ2v) is 31.6. The van der Waals surface area contributed by atoms with E-state index in [0.29, 0.717) is 33.9 Å². The number of methoxy groups -OCH3 is 1. The SMILES string of the molecule is CB(O)c1ccc(C)cc1.CB(O)c1ccc(C)cc1.CB(O)c1ccc(Cl)cc1.CB(O)c1ccc(F)cc1.CB(O)c1cccc(-c2ccccc2)c1.CB(O)c1cccc(C(=O)OC(C)(C)C)c1.CB(O)c1cccc(CC(=O)OC(C)(C)C)c1.CCOC(=O)c1cccc(B(C)O)c1.COc1cccc(B(C)O)c1.[C-]#[N+]c1ccc(B(C)O)cc1. The lowest BCUT2D eigenvalue weighted by Gasteiger charge is -2.19. The molecular weight excluding hydrogens is 1580 g/mol. The van der Waals surface area contributed by atoms with E-state index in [4.69, 9.17) is 62.2 Å². The van der Waals surface area contributed by atoms with Crippen LogP contribution in [0.2, 0.25) is 73.3 Å². The number of nitrogens with zero attached hydrogens (tertiary/aromatic N) is 1. The van der Waals surface area contributed by atoms with Gasteiger partial charge >= 0.3 is 87.1 Å². The minimum Gasteiger partial charge on any atom is -0.497 e. The van der Waals surface area contributed by atoms with Crippen molar-refractivity contribution in [3.63, 3.8) is 0 Å². The zero-order chi connectivity index (χ0) is 93.4.